The lowest BCUT2D eigenvalue weighted by Crippen LogP contribution is -2.44. The van der Waals surface area contributed by atoms with E-state index in [1.54, 1.807) is 0 Å². The van der Waals surface area contributed by atoms with Crippen molar-refractivity contribution >= 4 is 5.97 Å². The Kier molecular flexibility index (Phi) is 7.04. The molecule has 1 aromatic rings. The molecule has 5 heteroatoms. The van der Waals surface area contributed by atoms with Gasteiger partial charge >= 0.3 is 5.97 Å². The van der Waals surface area contributed by atoms with Gasteiger partial charge in [-0.3, -0.25) is 4.79 Å². The molecule has 0 heterocycles. The number of para-hydroxylation sites is 1. The topological polar surface area (TPSA) is 81.8 Å². The van der Waals surface area contributed by atoms with E-state index in [-0.39, 0.29) is 0 Å². The van der Waals surface area contributed by atoms with Crippen LogP contribution in [-0.2, 0) is 9.53 Å². The fourth-order valence-electron chi connectivity index (χ4n) is 1.64. The van der Waals surface area contributed by atoms with Gasteiger partial charge in [0.25, 0.3) is 0 Å². The number of carboxylic acid groups (broad SMARTS) is 1. The van der Waals surface area contributed by atoms with Crippen LogP contribution >= 0.6 is 0 Å². The molecule has 0 aliphatic carbocycles. The summed E-state index contributed by atoms with van der Waals surface area (Å²) in [5.41, 5.74) is 4.48. The number of aliphatic carboxylic acids is 1. The van der Waals surface area contributed by atoms with E-state index in [4.69, 9.17) is 20.3 Å². The Morgan fingerprint density at radius 2 is 1.90 bits per heavy atom. The van der Waals surface area contributed by atoms with Crippen LogP contribution in [0.1, 0.15) is 26.2 Å². The first kappa shape index (κ1) is 16.5. The minimum absolute atomic E-state index is 0.451. The van der Waals surface area contributed by atoms with Crippen LogP contribution in [0.2, 0.25) is 0 Å². The van der Waals surface area contributed by atoms with Crippen LogP contribution in [0.4, 0.5) is 0 Å². The van der Waals surface area contributed by atoms with Crippen LogP contribution in [0.25, 0.3) is 0 Å². The molecule has 3 N–H and O–H groups in total. The highest BCUT2D eigenvalue weighted by Crippen LogP contribution is 2.11. The second-order valence-corrected chi connectivity index (χ2v) is 4.95. The Morgan fingerprint density at radius 1 is 1.20 bits per heavy atom. The standard InChI is InChI=1S/C15H23NO4/c1-15(16,14(17)18)9-5-6-10-19-11-12-20-13-7-3-2-4-8-13/h2-4,7-8H,5-6,9-12,16H2,1H3,(H,17,18). The molecule has 0 fully saturated rings. The van der Waals surface area contributed by atoms with Crippen LogP contribution in [0.15, 0.2) is 30.3 Å². The summed E-state index contributed by atoms with van der Waals surface area (Å²) >= 11 is 0. The number of benzene rings is 1. The van der Waals surface area contributed by atoms with Gasteiger partial charge in [0.05, 0.1) is 6.61 Å². The second kappa shape index (κ2) is 8.55. The van der Waals surface area contributed by atoms with Gasteiger partial charge < -0.3 is 20.3 Å². The van der Waals surface area contributed by atoms with Crippen LogP contribution < -0.4 is 10.5 Å². The Morgan fingerprint density at radius 3 is 2.55 bits per heavy atom. The number of hydrogen-bond acceptors (Lipinski definition) is 4. The van der Waals surface area contributed by atoms with Crippen LogP contribution in [0.3, 0.4) is 0 Å². The number of nitrogens with two attached hydrogens (primary N) is 1. The van der Waals surface area contributed by atoms with Crippen molar-refractivity contribution in [2.24, 2.45) is 5.73 Å². The third-order valence-corrected chi connectivity index (χ3v) is 2.96. The highest BCUT2D eigenvalue weighted by atomic mass is 16.5. The lowest BCUT2D eigenvalue weighted by Gasteiger charge is -2.18. The lowest BCUT2D eigenvalue weighted by atomic mass is 9.97. The van der Waals surface area contributed by atoms with E-state index < -0.39 is 11.5 Å². The van der Waals surface area contributed by atoms with Crippen molar-refractivity contribution in [1.82, 2.24) is 0 Å². The molecule has 1 atom stereocenters. The van der Waals surface area contributed by atoms with Crippen molar-refractivity contribution in [3.05, 3.63) is 30.3 Å². The van der Waals surface area contributed by atoms with E-state index in [0.29, 0.717) is 26.2 Å². The summed E-state index contributed by atoms with van der Waals surface area (Å²) in [7, 11) is 0. The van der Waals surface area contributed by atoms with Gasteiger partial charge in [0, 0.05) is 6.61 Å². The first-order valence-electron chi connectivity index (χ1n) is 6.80. The molecule has 1 rings (SSSR count). The van der Waals surface area contributed by atoms with Crippen molar-refractivity contribution in [1.29, 1.82) is 0 Å². The van der Waals surface area contributed by atoms with Gasteiger partial charge in [-0.25, -0.2) is 0 Å². The number of carbonyl (C=O) groups is 1. The minimum Gasteiger partial charge on any atom is -0.491 e. The number of carboxylic acids is 1. The van der Waals surface area contributed by atoms with Crippen molar-refractivity contribution in [2.75, 3.05) is 19.8 Å². The molecular formula is C15H23NO4. The third kappa shape index (κ3) is 6.54. The van der Waals surface area contributed by atoms with Crippen molar-refractivity contribution < 1.29 is 19.4 Å². The summed E-state index contributed by atoms with van der Waals surface area (Å²) in [6, 6.07) is 9.57. The molecule has 0 radical (unpaired) electrons. The average molecular weight is 281 g/mol. The number of ether oxygens (including phenoxy) is 2. The largest absolute Gasteiger partial charge is 0.491 e. The molecular weight excluding hydrogens is 258 g/mol. The van der Waals surface area contributed by atoms with Gasteiger partial charge in [-0.2, -0.15) is 0 Å². The maximum Gasteiger partial charge on any atom is 0.323 e. The molecule has 20 heavy (non-hydrogen) atoms. The molecule has 0 saturated carbocycles. The molecule has 1 aromatic carbocycles. The summed E-state index contributed by atoms with van der Waals surface area (Å²) in [5, 5.41) is 8.85. The molecule has 0 spiro atoms. The zero-order chi connectivity index (χ0) is 14.8. The predicted octanol–water partition coefficient (Wildman–Crippen LogP) is 2.05. The van der Waals surface area contributed by atoms with Gasteiger partial charge in [0.1, 0.15) is 17.9 Å². The Balaban J connectivity index is 1.97. The molecule has 0 bridgehead atoms. The summed E-state index contributed by atoms with van der Waals surface area (Å²) in [6.07, 6.45) is 1.98. The van der Waals surface area contributed by atoms with Gasteiger partial charge in [-0.15, -0.1) is 0 Å². The van der Waals surface area contributed by atoms with Crippen LogP contribution in [0.5, 0.6) is 5.75 Å². The predicted molar refractivity (Wildman–Crippen MR) is 76.8 cm³/mol. The first-order valence-corrected chi connectivity index (χ1v) is 6.80. The van der Waals surface area contributed by atoms with E-state index in [0.717, 1.165) is 18.6 Å². The van der Waals surface area contributed by atoms with E-state index >= 15 is 0 Å². The zero-order valence-electron chi connectivity index (χ0n) is 11.9. The van der Waals surface area contributed by atoms with Crippen LogP contribution in [0, 0.1) is 0 Å². The van der Waals surface area contributed by atoms with E-state index in [1.807, 2.05) is 30.3 Å². The van der Waals surface area contributed by atoms with E-state index in [1.165, 1.54) is 6.92 Å². The van der Waals surface area contributed by atoms with Gasteiger partial charge in [-0.1, -0.05) is 18.2 Å². The average Bonchev–Trinajstić information content (AvgIpc) is 2.42. The maximum absolute atomic E-state index is 10.8. The molecule has 112 valence electrons. The number of hydrogen-bond donors (Lipinski definition) is 2. The number of rotatable bonds is 10. The fraction of sp³-hybridized carbons (Fsp3) is 0.533. The highest BCUT2D eigenvalue weighted by molar-refractivity contribution is 5.77. The lowest BCUT2D eigenvalue weighted by molar-refractivity contribution is -0.142. The highest BCUT2D eigenvalue weighted by Gasteiger charge is 2.26. The Labute approximate surface area is 119 Å². The van der Waals surface area contributed by atoms with Crippen molar-refractivity contribution in [3.63, 3.8) is 0 Å². The quantitative estimate of drug-likeness (QED) is 0.641. The number of unbranched alkanes of at least 4 members (excludes halogenated alkanes) is 1. The summed E-state index contributed by atoms with van der Waals surface area (Å²) < 4.78 is 10.9. The molecule has 1 unspecified atom stereocenters. The van der Waals surface area contributed by atoms with Gasteiger partial charge in [0.15, 0.2) is 0 Å². The second-order valence-electron chi connectivity index (χ2n) is 4.95. The van der Waals surface area contributed by atoms with Crippen LogP contribution in [-0.4, -0.2) is 36.4 Å². The molecule has 0 saturated heterocycles. The van der Waals surface area contributed by atoms with Gasteiger partial charge in [-0.05, 0) is 38.3 Å². The fourth-order valence-corrected chi connectivity index (χ4v) is 1.64. The van der Waals surface area contributed by atoms with E-state index in [2.05, 4.69) is 0 Å². The minimum atomic E-state index is -1.14. The van der Waals surface area contributed by atoms with Crippen molar-refractivity contribution in [3.8, 4) is 5.75 Å². The Bertz CT molecular complexity index is 392. The van der Waals surface area contributed by atoms with Gasteiger partial charge in [0.2, 0.25) is 0 Å². The normalized spacial score (nSPS) is 13.7. The smallest absolute Gasteiger partial charge is 0.323 e. The molecule has 5 nitrogen and oxygen atoms in total. The SMILES string of the molecule is CC(N)(CCCCOCCOc1ccccc1)C(=O)O. The summed E-state index contributed by atoms with van der Waals surface area (Å²) in [6.45, 7) is 3.15. The molecule has 0 aliphatic rings. The maximum atomic E-state index is 10.8. The molecule has 0 amide bonds. The van der Waals surface area contributed by atoms with Crippen molar-refractivity contribution in [2.45, 2.75) is 31.7 Å². The summed E-state index contributed by atoms with van der Waals surface area (Å²) in [4.78, 5) is 10.8. The molecule has 0 aromatic heterocycles. The third-order valence-electron chi connectivity index (χ3n) is 2.96. The Hall–Kier alpha value is -1.59. The van der Waals surface area contributed by atoms with E-state index in [9.17, 15) is 4.79 Å². The zero-order valence-corrected chi connectivity index (χ0v) is 11.9. The monoisotopic (exact) mass is 281 g/mol. The summed E-state index contributed by atoms with van der Waals surface area (Å²) in [5.74, 6) is -0.133. The first-order chi connectivity index (χ1) is 9.52. The molecule has 0 aliphatic heterocycles.